The summed E-state index contributed by atoms with van der Waals surface area (Å²) in [7, 11) is 0. The second kappa shape index (κ2) is 6.18. The molecule has 0 aliphatic heterocycles. The van der Waals surface area contributed by atoms with Crippen LogP contribution in [0.3, 0.4) is 0 Å². The minimum atomic E-state index is -0.216. The van der Waals surface area contributed by atoms with E-state index in [0.717, 1.165) is 5.56 Å². The molecule has 2 aromatic rings. The fourth-order valence-corrected chi connectivity index (χ4v) is 2.11. The lowest BCUT2D eigenvalue weighted by Crippen LogP contribution is -2.34. The van der Waals surface area contributed by atoms with Crippen molar-refractivity contribution in [2.75, 3.05) is 0 Å². The average molecular weight is 257 g/mol. The minimum absolute atomic E-state index is 0.0249. The van der Waals surface area contributed by atoms with E-state index in [2.05, 4.69) is 10.3 Å². The van der Waals surface area contributed by atoms with Crippen molar-refractivity contribution in [1.82, 2.24) is 14.9 Å². The highest BCUT2D eigenvalue weighted by Gasteiger charge is 2.23. The van der Waals surface area contributed by atoms with Gasteiger partial charge in [0.25, 0.3) is 0 Å². The second-order valence-corrected chi connectivity index (χ2v) is 4.90. The predicted molar refractivity (Wildman–Crippen MR) is 74.4 cm³/mol. The van der Waals surface area contributed by atoms with Gasteiger partial charge in [0.1, 0.15) is 6.04 Å². The minimum Gasteiger partial charge on any atom is -0.350 e. The first kappa shape index (κ1) is 13.3. The van der Waals surface area contributed by atoms with Gasteiger partial charge in [-0.3, -0.25) is 4.79 Å². The van der Waals surface area contributed by atoms with Gasteiger partial charge in [-0.2, -0.15) is 0 Å². The molecule has 1 amide bonds. The Hall–Kier alpha value is -2.10. The Morgan fingerprint density at radius 2 is 2.05 bits per heavy atom. The van der Waals surface area contributed by atoms with Gasteiger partial charge in [-0.15, -0.1) is 0 Å². The number of aromatic nitrogens is 2. The summed E-state index contributed by atoms with van der Waals surface area (Å²) in [5, 5.41) is 2.98. The first-order valence-corrected chi connectivity index (χ1v) is 6.47. The van der Waals surface area contributed by atoms with Crippen LogP contribution >= 0.6 is 0 Å². The molecule has 4 nitrogen and oxygen atoms in total. The molecule has 0 fully saturated rings. The molecule has 0 aliphatic rings. The van der Waals surface area contributed by atoms with Crippen LogP contribution < -0.4 is 5.32 Å². The molecule has 0 saturated carbocycles. The third-order valence-corrected chi connectivity index (χ3v) is 3.06. The number of rotatable bonds is 5. The Labute approximate surface area is 113 Å². The standard InChI is InChI=1S/C15H19N3O/c1-12(2)14(18-9-8-16-11-18)15(19)17-10-13-6-4-3-5-7-13/h3-9,11-12,14H,10H2,1-2H3,(H,17,19)/t14-/m0/s1. The van der Waals surface area contributed by atoms with E-state index in [-0.39, 0.29) is 17.9 Å². The number of nitrogens with zero attached hydrogens (tertiary/aromatic N) is 2. The van der Waals surface area contributed by atoms with Gasteiger partial charge in [0.2, 0.25) is 5.91 Å². The van der Waals surface area contributed by atoms with Crippen LogP contribution in [0.15, 0.2) is 49.1 Å². The smallest absolute Gasteiger partial charge is 0.243 e. The van der Waals surface area contributed by atoms with Crippen LogP contribution in [0.5, 0.6) is 0 Å². The maximum absolute atomic E-state index is 12.3. The fourth-order valence-electron chi connectivity index (χ4n) is 2.11. The summed E-state index contributed by atoms with van der Waals surface area (Å²) in [5.74, 6) is 0.238. The molecule has 1 aromatic heterocycles. The van der Waals surface area contributed by atoms with Crippen molar-refractivity contribution < 1.29 is 4.79 Å². The molecular weight excluding hydrogens is 238 g/mol. The number of carbonyl (C=O) groups excluding carboxylic acids is 1. The maximum atomic E-state index is 12.3. The van der Waals surface area contributed by atoms with Crippen LogP contribution in [-0.2, 0) is 11.3 Å². The van der Waals surface area contributed by atoms with E-state index in [1.165, 1.54) is 0 Å². The van der Waals surface area contributed by atoms with Crippen molar-refractivity contribution in [1.29, 1.82) is 0 Å². The summed E-state index contributed by atoms with van der Waals surface area (Å²) in [6.07, 6.45) is 5.21. The van der Waals surface area contributed by atoms with Crippen LogP contribution in [0, 0.1) is 5.92 Å². The normalized spacial score (nSPS) is 12.4. The van der Waals surface area contributed by atoms with Crippen LogP contribution in [0.1, 0.15) is 25.5 Å². The zero-order valence-corrected chi connectivity index (χ0v) is 11.3. The van der Waals surface area contributed by atoms with Crippen molar-refractivity contribution in [3.63, 3.8) is 0 Å². The van der Waals surface area contributed by atoms with Gasteiger partial charge < -0.3 is 9.88 Å². The van der Waals surface area contributed by atoms with Crippen LogP contribution in [0.2, 0.25) is 0 Å². The largest absolute Gasteiger partial charge is 0.350 e. The summed E-state index contributed by atoms with van der Waals surface area (Å²) in [6, 6.07) is 9.69. The van der Waals surface area contributed by atoms with Gasteiger partial charge in [-0.25, -0.2) is 4.98 Å². The second-order valence-electron chi connectivity index (χ2n) is 4.90. The quantitative estimate of drug-likeness (QED) is 0.894. The summed E-state index contributed by atoms with van der Waals surface area (Å²) < 4.78 is 1.85. The molecule has 100 valence electrons. The Balaban J connectivity index is 2.01. The third kappa shape index (κ3) is 3.44. The van der Waals surface area contributed by atoms with E-state index in [1.807, 2.05) is 54.9 Å². The Kier molecular flexibility index (Phi) is 4.34. The van der Waals surface area contributed by atoms with Crippen molar-refractivity contribution in [3.8, 4) is 0 Å². The van der Waals surface area contributed by atoms with E-state index in [4.69, 9.17) is 0 Å². The highest BCUT2D eigenvalue weighted by atomic mass is 16.2. The van der Waals surface area contributed by atoms with Gasteiger partial charge in [-0.05, 0) is 11.5 Å². The first-order chi connectivity index (χ1) is 9.18. The molecule has 19 heavy (non-hydrogen) atoms. The molecule has 0 aliphatic carbocycles. The van der Waals surface area contributed by atoms with E-state index >= 15 is 0 Å². The highest BCUT2D eigenvalue weighted by Crippen LogP contribution is 2.17. The van der Waals surface area contributed by atoms with Gasteiger partial charge in [0.15, 0.2) is 0 Å². The number of hydrogen-bond donors (Lipinski definition) is 1. The monoisotopic (exact) mass is 257 g/mol. The Morgan fingerprint density at radius 1 is 1.32 bits per heavy atom. The summed E-state index contributed by atoms with van der Waals surface area (Å²) >= 11 is 0. The molecule has 2 rings (SSSR count). The number of carbonyl (C=O) groups is 1. The lowest BCUT2D eigenvalue weighted by molar-refractivity contribution is -0.125. The number of hydrogen-bond acceptors (Lipinski definition) is 2. The summed E-state index contributed by atoms with van der Waals surface area (Å²) in [4.78, 5) is 16.3. The molecule has 0 spiro atoms. The summed E-state index contributed by atoms with van der Waals surface area (Å²) in [5.41, 5.74) is 1.10. The van der Waals surface area contributed by atoms with Gasteiger partial charge in [0.05, 0.1) is 6.33 Å². The molecule has 1 N–H and O–H groups in total. The molecule has 1 aromatic carbocycles. The molecule has 0 unspecified atom stereocenters. The number of amides is 1. The fraction of sp³-hybridized carbons (Fsp3) is 0.333. The van der Waals surface area contributed by atoms with Crippen LogP contribution in [-0.4, -0.2) is 15.5 Å². The van der Waals surface area contributed by atoms with Crippen molar-refractivity contribution >= 4 is 5.91 Å². The molecule has 1 heterocycles. The third-order valence-electron chi connectivity index (χ3n) is 3.06. The number of nitrogens with one attached hydrogen (secondary N) is 1. The predicted octanol–water partition coefficient (Wildman–Crippen LogP) is 2.40. The van der Waals surface area contributed by atoms with E-state index in [0.29, 0.717) is 6.54 Å². The molecule has 1 atom stereocenters. The average Bonchev–Trinajstić information content (AvgIpc) is 2.91. The van der Waals surface area contributed by atoms with Gasteiger partial charge in [-0.1, -0.05) is 44.2 Å². The Bertz CT molecular complexity index is 505. The maximum Gasteiger partial charge on any atom is 0.243 e. The lowest BCUT2D eigenvalue weighted by atomic mass is 10.0. The zero-order valence-electron chi connectivity index (χ0n) is 11.3. The molecular formula is C15H19N3O. The lowest BCUT2D eigenvalue weighted by Gasteiger charge is -2.21. The number of benzene rings is 1. The molecule has 4 heteroatoms. The number of imidazole rings is 1. The molecule has 0 bridgehead atoms. The van der Waals surface area contributed by atoms with Crippen molar-refractivity contribution in [2.24, 2.45) is 5.92 Å². The van der Waals surface area contributed by atoms with E-state index in [1.54, 1.807) is 12.5 Å². The van der Waals surface area contributed by atoms with E-state index < -0.39 is 0 Å². The van der Waals surface area contributed by atoms with Crippen molar-refractivity contribution in [2.45, 2.75) is 26.4 Å². The Morgan fingerprint density at radius 3 is 2.63 bits per heavy atom. The molecule has 0 saturated heterocycles. The van der Waals surface area contributed by atoms with Crippen molar-refractivity contribution in [3.05, 3.63) is 54.6 Å². The zero-order chi connectivity index (χ0) is 13.7. The molecule has 0 radical (unpaired) electrons. The first-order valence-electron chi connectivity index (χ1n) is 6.47. The van der Waals surface area contributed by atoms with Crippen LogP contribution in [0.25, 0.3) is 0 Å². The van der Waals surface area contributed by atoms with Gasteiger partial charge >= 0.3 is 0 Å². The van der Waals surface area contributed by atoms with Crippen LogP contribution in [0.4, 0.5) is 0 Å². The van der Waals surface area contributed by atoms with E-state index in [9.17, 15) is 4.79 Å². The SMILES string of the molecule is CC(C)[C@@H](C(=O)NCc1ccccc1)n1ccnc1. The summed E-state index contributed by atoms with van der Waals surface area (Å²) in [6.45, 7) is 4.62. The van der Waals surface area contributed by atoms with Gasteiger partial charge in [0, 0.05) is 18.9 Å². The highest BCUT2D eigenvalue weighted by molar-refractivity contribution is 5.80. The topological polar surface area (TPSA) is 46.9 Å².